The van der Waals surface area contributed by atoms with Crippen molar-refractivity contribution in [1.82, 2.24) is 15.8 Å². The van der Waals surface area contributed by atoms with E-state index in [0.29, 0.717) is 5.01 Å². The molecule has 12 nitrogen and oxygen atoms in total. The number of epoxide rings is 1. The van der Waals surface area contributed by atoms with Gasteiger partial charge >= 0.3 is 18.0 Å². The number of ether oxygens (including phenoxy) is 2. The van der Waals surface area contributed by atoms with Gasteiger partial charge in [0.05, 0.1) is 0 Å². The average molecular weight is 437 g/mol. The first-order valence-corrected chi connectivity index (χ1v) is 9.29. The molecule has 1 heterocycles. The van der Waals surface area contributed by atoms with Gasteiger partial charge in [0.15, 0.2) is 12.2 Å². The molecule has 0 radical (unpaired) electrons. The standard InChI is InChI=1S/C19H23N3O9/c1-10(2)13(20-19(29)30-9-11-6-4-3-5-7-11)16(25)21-22(8-12(23)24)17(26)14-15(31-14)18(27)28/h3-7,10,13-15H,8-9H2,1-2H3,(H,20,29)(H,21,25)(H,23,24)(H,27,28)/t13?,14-,15-/m0/s1. The summed E-state index contributed by atoms with van der Waals surface area (Å²) in [5.74, 6) is -5.19. The number of carboxylic acid groups (broad SMARTS) is 2. The molecule has 3 atom stereocenters. The summed E-state index contributed by atoms with van der Waals surface area (Å²) in [5, 5.41) is 20.7. The number of nitrogens with zero attached hydrogens (tertiary/aromatic N) is 1. The molecule has 1 saturated heterocycles. The van der Waals surface area contributed by atoms with Gasteiger partial charge in [-0.2, -0.15) is 0 Å². The van der Waals surface area contributed by atoms with Crippen LogP contribution < -0.4 is 10.7 Å². The molecule has 0 spiro atoms. The van der Waals surface area contributed by atoms with Crippen LogP contribution in [-0.2, 0) is 35.3 Å². The molecular formula is C19H23N3O9. The first-order chi connectivity index (χ1) is 14.6. The molecule has 12 heteroatoms. The van der Waals surface area contributed by atoms with E-state index in [1.807, 2.05) is 0 Å². The van der Waals surface area contributed by atoms with Crippen molar-refractivity contribution in [3.8, 4) is 0 Å². The van der Waals surface area contributed by atoms with Crippen LogP contribution in [0.25, 0.3) is 0 Å². The molecule has 1 unspecified atom stereocenters. The zero-order valence-electron chi connectivity index (χ0n) is 16.8. The number of hydrazine groups is 1. The largest absolute Gasteiger partial charge is 0.480 e. The Hall–Kier alpha value is -3.67. The number of carbonyl (C=O) groups excluding carboxylic acids is 3. The number of aliphatic carboxylic acids is 2. The van der Waals surface area contributed by atoms with E-state index in [0.717, 1.165) is 5.56 Å². The number of hydrogen-bond donors (Lipinski definition) is 4. The number of carbonyl (C=O) groups is 5. The third kappa shape index (κ3) is 6.96. The topological polar surface area (TPSA) is 175 Å². The van der Waals surface area contributed by atoms with Crippen LogP contribution in [0.2, 0.25) is 0 Å². The second-order valence-electron chi connectivity index (χ2n) is 7.04. The average Bonchev–Trinajstić information content (AvgIpc) is 3.50. The molecule has 31 heavy (non-hydrogen) atoms. The van der Waals surface area contributed by atoms with E-state index in [1.54, 1.807) is 44.2 Å². The number of hydrogen-bond acceptors (Lipinski definition) is 7. The Bertz CT molecular complexity index is 843. The van der Waals surface area contributed by atoms with Gasteiger partial charge in [0.25, 0.3) is 11.8 Å². The predicted molar refractivity (Wildman–Crippen MR) is 102 cm³/mol. The van der Waals surface area contributed by atoms with Gasteiger partial charge in [-0.05, 0) is 11.5 Å². The smallest absolute Gasteiger partial charge is 0.408 e. The molecule has 1 aromatic carbocycles. The Kier molecular flexibility index (Phi) is 7.91. The monoisotopic (exact) mass is 437 g/mol. The highest BCUT2D eigenvalue weighted by atomic mass is 16.6. The quantitative estimate of drug-likeness (QED) is 0.299. The van der Waals surface area contributed by atoms with E-state index in [4.69, 9.17) is 19.7 Å². The summed E-state index contributed by atoms with van der Waals surface area (Å²) in [5.41, 5.74) is 2.85. The number of alkyl carbamates (subject to hydrolysis) is 1. The maximum absolute atomic E-state index is 12.6. The molecule has 1 aliphatic heterocycles. The zero-order chi connectivity index (χ0) is 23.1. The molecule has 1 aliphatic rings. The van der Waals surface area contributed by atoms with Gasteiger partial charge in [-0.15, -0.1) is 0 Å². The van der Waals surface area contributed by atoms with Gasteiger partial charge in [0.2, 0.25) is 0 Å². The van der Waals surface area contributed by atoms with Crippen LogP contribution in [0, 0.1) is 5.92 Å². The number of amides is 3. The zero-order valence-corrected chi connectivity index (χ0v) is 16.8. The van der Waals surface area contributed by atoms with Crippen LogP contribution in [0.5, 0.6) is 0 Å². The Morgan fingerprint density at radius 2 is 1.74 bits per heavy atom. The Balaban J connectivity index is 1.99. The fraction of sp³-hybridized carbons (Fsp3) is 0.421. The number of nitrogens with one attached hydrogen (secondary N) is 2. The summed E-state index contributed by atoms with van der Waals surface area (Å²) in [6.45, 7) is 2.28. The van der Waals surface area contributed by atoms with E-state index < -0.39 is 60.6 Å². The van der Waals surface area contributed by atoms with Crippen molar-refractivity contribution in [2.75, 3.05) is 6.54 Å². The van der Waals surface area contributed by atoms with Crippen LogP contribution in [0.1, 0.15) is 19.4 Å². The second kappa shape index (κ2) is 10.4. The molecule has 0 aliphatic carbocycles. The van der Waals surface area contributed by atoms with E-state index in [-0.39, 0.29) is 6.61 Å². The summed E-state index contributed by atoms with van der Waals surface area (Å²) in [7, 11) is 0. The van der Waals surface area contributed by atoms with E-state index in [1.165, 1.54) is 0 Å². The van der Waals surface area contributed by atoms with Crippen molar-refractivity contribution < 1.29 is 43.7 Å². The Labute approximate surface area is 177 Å². The van der Waals surface area contributed by atoms with Crippen molar-refractivity contribution in [1.29, 1.82) is 0 Å². The Morgan fingerprint density at radius 3 is 2.26 bits per heavy atom. The fourth-order valence-corrected chi connectivity index (χ4v) is 2.58. The minimum Gasteiger partial charge on any atom is -0.480 e. The molecule has 3 amide bonds. The molecule has 4 N–H and O–H groups in total. The molecule has 0 saturated carbocycles. The van der Waals surface area contributed by atoms with Gasteiger partial charge < -0.3 is 25.0 Å². The maximum atomic E-state index is 12.6. The van der Waals surface area contributed by atoms with Crippen LogP contribution in [-0.4, -0.2) is 69.9 Å². The second-order valence-corrected chi connectivity index (χ2v) is 7.04. The predicted octanol–water partition coefficient (Wildman–Crippen LogP) is -0.266. The lowest BCUT2D eigenvalue weighted by atomic mass is 10.0. The minimum atomic E-state index is -1.45. The summed E-state index contributed by atoms with van der Waals surface area (Å²) in [6.07, 6.45) is -3.70. The normalized spacial score (nSPS) is 17.9. The van der Waals surface area contributed by atoms with Crippen LogP contribution in [0.4, 0.5) is 4.79 Å². The maximum Gasteiger partial charge on any atom is 0.408 e. The third-order valence-electron chi connectivity index (χ3n) is 4.22. The SMILES string of the molecule is CC(C)C(NC(=O)OCc1ccccc1)C(=O)NN(CC(=O)O)C(=O)[C@H]1O[C@@H]1C(=O)O. The number of rotatable bonds is 9. The number of benzene rings is 1. The van der Waals surface area contributed by atoms with Gasteiger partial charge in [0.1, 0.15) is 19.2 Å². The Morgan fingerprint density at radius 1 is 1.10 bits per heavy atom. The van der Waals surface area contributed by atoms with Crippen molar-refractivity contribution in [3.05, 3.63) is 35.9 Å². The molecule has 168 valence electrons. The summed E-state index contributed by atoms with van der Waals surface area (Å²) in [6, 6.07) is 7.68. The summed E-state index contributed by atoms with van der Waals surface area (Å²) in [4.78, 5) is 59.0. The molecule has 0 bridgehead atoms. The molecule has 1 fully saturated rings. The first-order valence-electron chi connectivity index (χ1n) is 9.29. The molecular weight excluding hydrogens is 414 g/mol. The third-order valence-corrected chi connectivity index (χ3v) is 4.22. The first kappa shape index (κ1) is 23.6. The van der Waals surface area contributed by atoms with Crippen molar-refractivity contribution in [3.63, 3.8) is 0 Å². The highest BCUT2D eigenvalue weighted by Gasteiger charge is 2.53. The lowest BCUT2D eigenvalue weighted by Gasteiger charge is -2.26. The lowest BCUT2D eigenvalue weighted by Crippen LogP contribution is -2.57. The molecule has 2 rings (SSSR count). The van der Waals surface area contributed by atoms with Crippen LogP contribution in [0.15, 0.2) is 30.3 Å². The van der Waals surface area contributed by atoms with Crippen LogP contribution >= 0.6 is 0 Å². The van der Waals surface area contributed by atoms with Crippen molar-refractivity contribution >= 4 is 29.8 Å². The number of carboxylic acids is 2. The lowest BCUT2D eigenvalue weighted by molar-refractivity contribution is -0.151. The van der Waals surface area contributed by atoms with Crippen molar-refractivity contribution in [2.24, 2.45) is 5.92 Å². The molecule has 0 aromatic heterocycles. The molecule has 1 aromatic rings. The minimum absolute atomic E-state index is 0.0294. The summed E-state index contributed by atoms with van der Waals surface area (Å²) < 4.78 is 9.78. The highest BCUT2D eigenvalue weighted by Crippen LogP contribution is 2.24. The highest BCUT2D eigenvalue weighted by molar-refractivity contribution is 5.95. The fourth-order valence-electron chi connectivity index (χ4n) is 2.58. The van der Waals surface area contributed by atoms with Gasteiger partial charge in [-0.25, -0.2) is 14.6 Å². The van der Waals surface area contributed by atoms with Gasteiger partial charge in [0, 0.05) is 0 Å². The van der Waals surface area contributed by atoms with E-state index in [9.17, 15) is 24.0 Å². The van der Waals surface area contributed by atoms with Gasteiger partial charge in [-0.3, -0.25) is 19.8 Å². The van der Waals surface area contributed by atoms with E-state index in [2.05, 4.69) is 10.7 Å². The van der Waals surface area contributed by atoms with Crippen molar-refractivity contribution in [2.45, 2.75) is 38.7 Å². The summed E-state index contributed by atoms with van der Waals surface area (Å²) >= 11 is 0. The van der Waals surface area contributed by atoms with E-state index >= 15 is 0 Å². The van der Waals surface area contributed by atoms with Gasteiger partial charge in [-0.1, -0.05) is 44.2 Å². The van der Waals surface area contributed by atoms with Crippen LogP contribution in [0.3, 0.4) is 0 Å².